The highest BCUT2D eigenvalue weighted by atomic mass is 16.2. The summed E-state index contributed by atoms with van der Waals surface area (Å²) in [5.74, 6) is 3.77. The molecule has 0 aromatic carbocycles. The standard InChI is InChI=1S/C25H36N6O2/c32-22(29-8-10-31(11-9-29)24-26-2-1-3-27-24)18-28-4-6-30(7-5-28)23(33)25-15-19-12-20(16-25)14-21(13-19)17-25/h1-3,19-21H,4-18H2. The highest BCUT2D eigenvalue weighted by Crippen LogP contribution is 2.60. The molecular weight excluding hydrogens is 416 g/mol. The van der Waals surface area contributed by atoms with Crippen LogP contribution in [0.3, 0.4) is 0 Å². The molecule has 0 radical (unpaired) electrons. The van der Waals surface area contributed by atoms with E-state index in [4.69, 9.17) is 0 Å². The first-order valence-electron chi connectivity index (χ1n) is 12.9. The molecule has 1 aromatic rings. The summed E-state index contributed by atoms with van der Waals surface area (Å²) in [5, 5.41) is 0. The summed E-state index contributed by atoms with van der Waals surface area (Å²) >= 11 is 0. The van der Waals surface area contributed by atoms with Gasteiger partial charge < -0.3 is 14.7 Å². The first-order chi connectivity index (χ1) is 16.1. The zero-order valence-electron chi connectivity index (χ0n) is 19.6. The highest BCUT2D eigenvalue weighted by Gasteiger charge is 2.55. The fourth-order valence-electron chi connectivity index (χ4n) is 7.72. The Balaban J connectivity index is 0.979. The lowest BCUT2D eigenvalue weighted by atomic mass is 9.49. The van der Waals surface area contributed by atoms with Crippen molar-refractivity contribution in [1.29, 1.82) is 0 Å². The van der Waals surface area contributed by atoms with Crippen LogP contribution in [0.15, 0.2) is 18.5 Å². The Morgan fingerprint density at radius 2 is 1.33 bits per heavy atom. The molecule has 0 spiro atoms. The number of hydrogen-bond donors (Lipinski definition) is 0. The molecular formula is C25H36N6O2. The van der Waals surface area contributed by atoms with E-state index in [2.05, 4.69) is 24.7 Å². The van der Waals surface area contributed by atoms with Gasteiger partial charge in [-0.1, -0.05) is 0 Å². The van der Waals surface area contributed by atoms with E-state index in [1.807, 2.05) is 11.0 Å². The smallest absolute Gasteiger partial charge is 0.236 e. The number of nitrogens with zero attached hydrogens (tertiary/aromatic N) is 6. The number of amides is 2. The highest BCUT2D eigenvalue weighted by molar-refractivity contribution is 5.83. The van der Waals surface area contributed by atoms with E-state index >= 15 is 0 Å². The normalized spacial score (nSPS) is 34.1. The van der Waals surface area contributed by atoms with Gasteiger partial charge in [-0.05, 0) is 62.3 Å². The van der Waals surface area contributed by atoms with Crippen molar-refractivity contribution >= 4 is 17.8 Å². The lowest BCUT2D eigenvalue weighted by Gasteiger charge is -2.57. The van der Waals surface area contributed by atoms with Gasteiger partial charge in [0, 0.05) is 64.8 Å². The Bertz CT molecular complexity index is 841. The first-order valence-corrected chi connectivity index (χ1v) is 12.9. The third-order valence-electron chi connectivity index (χ3n) is 8.98. The van der Waals surface area contributed by atoms with Gasteiger partial charge in [-0.3, -0.25) is 14.5 Å². The second kappa shape index (κ2) is 8.53. The van der Waals surface area contributed by atoms with Crippen LogP contribution in [0.1, 0.15) is 38.5 Å². The molecule has 2 aliphatic heterocycles. The maximum atomic E-state index is 13.6. The van der Waals surface area contributed by atoms with E-state index in [9.17, 15) is 9.59 Å². The van der Waals surface area contributed by atoms with Gasteiger partial charge in [0.05, 0.1) is 12.0 Å². The molecule has 1 aromatic heterocycles. The van der Waals surface area contributed by atoms with Gasteiger partial charge >= 0.3 is 0 Å². The van der Waals surface area contributed by atoms with Crippen LogP contribution in [-0.4, -0.2) is 95.4 Å². The van der Waals surface area contributed by atoms with Crippen LogP contribution in [0.25, 0.3) is 0 Å². The summed E-state index contributed by atoms with van der Waals surface area (Å²) in [6.45, 7) is 6.57. The van der Waals surface area contributed by atoms with E-state index in [0.717, 1.165) is 82.2 Å². The van der Waals surface area contributed by atoms with Gasteiger partial charge in [0.1, 0.15) is 0 Å². The fraction of sp³-hybridized carbons (Fsp3) is 0.760. The van der Waals surface area contributed by atoms with Crippen LogP contribution >= 0.6 is 0 Å². The summed E-state index contributed by atoms with van der Waals surface area (Å²) in [4.78, 5) is 43.6. The third kappa shape index (κ3) is 4.11. The van der Waals surface area contributed by atoms with Crippen molar-refractivity contribution in [2.75, 3.05) is 63.8 Å². The van der Waals surface area contributed by atoms with Crippen molar-refractivity contribution in [2.24, 2.45) is 23.2 Å². The molecule has 4 aliphatic carbocycles. The van der Waals surface area contributed by atoms with E-state index in [-0.39, 0.29) is 11.3 Å². The quantitative estimate of drug-likeness (QED) is 0.689. The average Bonchev–Trinajstić information content (AvgIpc) is 2.84. The molecule has 2 saturated heterocycles. The van der Waals surface area contributed by atoms with Crippen LogP contribution in [0.4, 0.5) is 5.95 Å². The summed E-state index contributed by atoms with van der Waals surface area (Å²) in [6, 6.07) is 1.82. The topological polar surface area (TPSA) is 72.9 Å². The summed E-state index contributed by atoms with van der Waals surface area (Å²) in [5.41, 5.74) is -0.0467. The molecule has 6 aliphatic rings. The molecule has 0 N–H and O–H groups in total. The molecule has 2 amide bonds. The molecule has 7 rings (SSSR count). The van der Waals surface area contributed by atoms with Crippen LogP contribution < -0.4 is 4.90 Å². The summed E-state index contributed by atoms with van der Waals surface area (Å²) in [6.07, 6.45) is 11.0. The predicted molar refractivity (Wildman–Crippen MR) is 124 cm³/mol. The third-order valence-corrected chi connectivity index (χ3v) is 8.98. The number of carbonyl (C=O) groups is 2. The number of aromatic nitrogens is 2. The van der Waals surface area contributed by atoms with Crippen LogP contribution in [0, 0.1) is 23.2 Å². The predicted octanol–water partition coefficient (Wildman–Crippen LogP) is 1.49. The minimum Gasteiger partial charge on any atom is -0.340 e. The van der Waals surface area contributed by atoms with Crippen LogP contribution in [0.2, 0.25) is 0 Å². The van der Waals surface area contributed by atoms with Crippen molar-refractivity contribution in [3.63, 3.8) is 0 Å². The molecule has 6 fully saturated rings. The van der Waals surface area contributed by atoms with Crippen molar-refractivity contribution in [3.05, 3.63) is 18.5 Å². The lowest BCUT2D eigenvalue weighted by molar-refractivity contribution is -0.159. The van der Waals surface area contributed by atoms with E-state index in [0.29, 0.717) is 25.5 Å². The molecule has 33 heavy (non-hydrogen) atoms. The molecule has 8 heteroatoms. The lowest BCUT2D eigenvalue weighted by Crippen LogP contribution is -2.59. The van der Waals surface area contributed by atoms with Gasteiger partial charge in [-0.15, -0.1) is 0 Å². The molecule has 0 atom stereocenters. The molecule has 4 bridgehead atoms. The Hall–Kier alpha value is -2.22. The minimum absolute atomic E-state index is 0.0467. The monoisotopic (exact) mass is 452 g/mol. The Morgan fingerprint density at radius 3 is 1.91 bits per heavy atom. The zero-order valence-corrected chi connectivity index (χ0v) is 19.6. The van der Waals surface area contributed by atoms with Crippen molar-refractivity contribution in [2.45, 2.75) is 38.5 Å². The molecule has 0 unspecified atom stereocenters. The van der Waals surface area contributed by atoms with Crippen LogP contribution in [-0.2, 0) is 9.59 Å². The number of anilines is 1. The van der Waals surface area contributed by atoms with Gasteiger partial charge in [-0.2, -0.15) is 0 Å². The van der Waals surface area contributed by atoms with Gasteiger partial charge in [0.2, 0.25) is 17.8 Å². The maximum Gasteiger partial charge on any atom is 0.236 e. The molecule has 8 nitrogen and oxygen atoms in total. The number of carbonyl (C=O) groups excluding carboxylic acids is 2. The van der Waals surface area contributed by atoms with Gasteiger partial charge in [0.15, 0.2) is 0 Å². The van der Waals surface area contributed by atoms with E-state index < -0.39 is 0 Å². The Labute approximate surface area is 196 Å². The first kappa shape index (κ1) is 21.3. The van der Waals surface area contributed by atoms with Crippen molar-refractivity contribution in [1.82, 2.24) is 24.7 Å². The number of piperazine rings is 2. The Morgan fingerprint density at radius 1 is 0.788 bits per heavy atom. The van der Waals surface area contributed by atoms with E-state index in [1.54, 1.807) is 12.4 Å². The SMILES string of the molecule is O=C(CN1CCN(C(=O)C23CC4CC(CC(C4)C2)C3)CC1)N1CCN(c2ncccn2)CC1. The van der Waals surface area contributed by atoms with Gasteiger partial charge in [-0.25, -0.2) is 9.97 Å². The second-order valence-electron chi connectivity index (χ2n) is 11.2. The molecule has 3 heterocycles. The van der Waals surface area contributed by atoms with Crippen molar-refractivity contribution < 1.29 is 9.59 Å². The minimum atomic E-state index is -0.0467. The largest absolute Gasteiger partial charge is 0.340 e. The van der Waals surface area contributed by atoms with E-state index in [1.165, 1.54) is 19.3 Å². The average molecular weight is 453 g/mol. The van der Waals surface area contributed by atoms with Gasteiger partial charge in [0.25, 0.3) is 0 Å². The zero-order chi connectivity index (χ0) is 22.4. The second-order valence-corrected chi connectivity index (χ2v) is 11.2. The number of rotatable bonds is 4. The molecule has 4 saturated carbocycles. The number of hydrogen-bond acceptors (Lipinski definition) is 6. The maximum absolute atomic E-state index is 13.6. The Kier molecular flexibility index (Phi) is 5.51. The van der Waals surface area contributed by atoms with Crippen molar-refractivity contribution in [3.8, 4) is 0 Å². The van der Waals surface area contributed by atoms with Crippen LogP contribution in [0.5, 0.6) is 0 Å². The molecule has 178 valence electrons. The summed E-state index contributed by atoms with van der Waals surface area (Å²) in [7, 11) is 0. The summed E-state index contributed by atoms with van der Waals surface area (Å²) < 4.78 is 0. The fourth-order valence-corrected chi connectivity index (χ4v) is 7.72.